The highest BCUT2D eigenvalue weighted by molar-refractivity contribution is 8.14. The molecule has 0 N–H and O–H groups in total. The maximum Gasteiger partial charge on any atom is 0.0510 e. The molecule has 2 atom stereocenters. The van der Waals surface area contributed by atoms with Crippen molar-refractivity contribution in [3.63, 3.8) is 0 Å². The summed E-state index contributed by atoms with van der Waals surface area (Å²) in [5.74, 6) is 0.589. The second-order valence-electron chi connectivity index (χ2n) is 4.51. The molecule has 0 nitrogen and oxygen atoms in total. The SMILES string of the molecule is C/C=C(\SC)C1SC(c2cccs2)=C2SC(C)=CC21. The van der Waals surface area contributed by atoms with Crippen LogP contribution in [-0.4, -0.2) is 11.5 Å². The minimum absolute atomic E-state index is 0.581. The molecular weight excluding hydrogens is 308 g/mol. The summed E-state index contributed by atoms with van der Waals surface area (Å²) >= 11 is 7.78. The van der Waals surface area contributed by atoms with Crippen molar-refractivity contribution < 1.29 is 0 Å². The molecule has 0 amide bonds. The molecule has 1 aromatic rings. The van der Waals surface area contributed by atoms with Gasteiger partial charge in [-0.1, -0.05) is 30.0 Å². The molecule has 100 valence electrons. The van der Waals surface area contributed by atoms with E-state index in [4.69, 9.17) is 0 Å². The highest BCUT2D eigenvalue weighted by Crippen LogP contribution is 2.60. The molecule has 0 spiro atoms. The first-order chi connectivity index (χ1) is 9.24. The van der Waals surface area contributed by atoms with Gasteiger partial charge in [0.1, 0.15) is 0 Å². The van der Waals surface area contributed by atoms with Gasteiger partial charge in [0.05, 0.1) is 5.25 Å². The number of fused-ring (bicyclic) bond motifs is 1. The molecule has 2 unspecified atom stereocenters. The molecule has 1 aromatic heterocycles. The molecule has 19 heavy (non-hydrogen) atoms. The van der Waals surface area contributed by atoms with Crippen LogP contribution < -0.4 is 0 Å². The van der Waals surface area contributed by atoms with Crippen LogP contribution in [-0.2, 0) is 0 Å². The maximum absolute atomic E-state index is 2.46. The third-order valence-electron chi connectivity index (χ3n) is 3.33. The van der Waals surface area contributed by atoms with E-state index in [1.165, 1.54) is 19.6 Å². The van der Waals surface area contributed by atoms with E-state index in [0.29, 0.717) is 11.2 Å². The number of hydrogen-bond donors (Lipinski definition) is 0. The zero-order chi connectivity index (χ0) is 13.4. The molecule has 0 radical (unpaired) electrons. The van der Waals surface area contributed by atoms with E-state index in [-0.39, 0.29) is 0 Å². The van der Waals surface area contributed by atoms with Crippen LogP contribution in [0.25, 0.3) is 4.91 Å². The average Bonchev–Trinajstić information content (AvgIpc) is 3.08. The summed E-state index contributed by atoms with van der Waals surface area (Å²) < 4.78 is 0. The van der Waals surface area contributed by atoms with Crippen molar-refractivity contribution in [2.45, 2.75) is 19.1 Å². The molecule has 0 bridgehead atoms. The number of hydrogen-bond acceptors (Lipinski definition) is 4. The third-order valence-corrected chi connectivity index (χ3v) is 8.22. The van der Waals surface area contributed by atoms with Crippen molar-refractivity contribution in [3.8, 4) is 0 Å². The molecule has 3 heterocycles. The van der Waals surface area contributed by atoms with Gasteiger partial charge in [0.2, 0.25) is 0 Å². The van der Waals surface area contributed by atoms with Crippen molar-refractivity contribution in [2.75, 3.05) is 6.26 Å². The van der Waals surface area contributed by atoms with Gasteiger partial charge in [-0.05, 0) is 41.4 Å². The first kappa shape index (κ1) is 13.9. The van der Waals surface area contributed by atoms with Gasteiger partial charge in [-0.15, -0.1) is 34.9 Å². The van der Waals surface area contributed by atoms with Gasteiger partial charge in [0.25, 0.3) is 0 Å². The second kappa shape index (κ2) is 5.76. The van der Waals surface area contributed by atoms with Crippen LogP contribution in [0.2, 0.25) is 0 Å². The number of allylic oxidation sites excluding steroid dienone is 4. The van der Waals surface area contributed by atoms with Crippen LogP contribution in [0, 0.1) is 5.92 Å². The summed E-state index contributed by atoms with van der Waals surface area (Å²) in [6.45, 7) is 4.39. The summed E-state index contributed by atoms with van der Waals surface area (Å²) in [6.07, 6.45) is 6.93. The van der Waals surface area contributed by atoms with Crippen LogP contribution >= 0.6 is 46.6 Å². The quantitative estimate of drug-likeness (QED) is 0.662. The lowest BCUT2D eigenvalue weighted by Crippen LogP contribution is -2.11. The number of thiophene rings is 1. The molecule has 0 saturated carbocycles. The number of rotatable bonds is 3. The van der Waals surface area contributed by atoms with Crippen LogP contribution in [0.15, 0.2) is 44.4 Å². The molecule has 2 aliphatic rings. The normalized spacial score (nSPS) is 26.9. The summed E-state index contributed by atoms with van der Waals surface area (Å²) in [5.41, 5.74) is 0. The molecule has 0 aromatic carbocycles. The summed E-state index contributed by atoms with van der Waals surface area (Å²) in [6, 6.07) is 4.41. The Labute approximate surface area is 131 Å². The Bertz CT molecular complexity index is 563. The molecule has 3 rings (SSSR count). The van der Waals surface area contributed by atoms with E-state index in [0.717, 1.165) is 0 Å². The standard InChI is InChI=1S/C15H16S4/c1-4-11(16-3)13-10-8-9(2)18-14(10)15(19-13)12-6-5-7-17-12/h4-8,10,13H,1-3H3/b11-4-. The Hall–Kier alpha value is -0.0300. The van der Waals surface area contributed by atoms with Crippen LogP contribution in [0.3, 0.4) is 0 Å². The fourth-order valence-corrected chi connectivity index (χ4v) is 7.35. The molecule has 4 heteroatoms. The van der Waals surface area contributed by atoms with E-state index in [1.54, 1.807) is 4.91 Å². The topological polar surface area (TPSA) is 0 Å². The lowest BCUT2D eigenvalue weighted by molar-refractivity contribution is 0.851. The fraction of sp³-hybridized carbons (Fsp3) is 0.333. The van der Waals surface area contributed by atoms with Crippen LogP contribution in [0.1, 0.15) is 18.7 Å². The Morgan fingerprint density at radius 2 is 2.26 bits per heavy atom. The molecule has 0 aliphatic carbocycles. The zero-order valence-electron chi connectivity index (χ0n) is 11.2. The molecular formula is C15H16S4. The van der Waals surface area contributed by atoms with Crippen molar-refractivity contribution in [1.29, 1.82) is 0 Å². The monoisotopic (exact) mass is 324 g/mol. The Morgan fingerprint density at radius 1 is 1.42 bits per heavy atom. The van der Waals surface area contributed by atoms with E-state index in [9.17, 15) is 0 Å². The van der Waals surface area contributed by atoms with Gasteiger partial charge in [0, 0.05) is 20.6 Å². The molecule has 0 saturated heterocycles. The zero-order valence-corrected chi connectivity index (χ0v) is 14.4. The Morgan fingerprint density at radius 3 is 2.89 bits per heavy atom. The van der Waals surface area contributed by atoms with Crippen LogP contribution in [0.5, 0.6) is 0 Å². The van der Waals surface area contributed by atoms with Gasteiger partial charge in [-0.2, -0.15) is 0 Å². The molecule has 0 fully saturated rings. The van der Waals surface area contributed by atoms with Crippen LogP contribution in [0.4, 0.5) is 0 Å². The predicted octanol–water partition coefficient (Wildman–Crippen LogP) is 6.07. The average molecular weight is 325 g/mol. The summed E-state index contributed by atoms with van der Waals surface area (Å²) in [5, 5.41) is 2.76. The highest BCUT2D eigenvalue weighted by Gasteiger charge is 2.40. The van der Waals surface area contributed by atoms with E-state index in [1.807, 2.05) is 34.9 Å². The van der Waals surface area contributed by atoms with Crippen molar-refractivity contribution >= 4 is 51.5 Å². The van der Waals surface area contributed by atoms with E-state index < -0.39 is 0 Å². The largest absolute Gasteiger partial charge is 0.143 e. The van der Waals surface area contributed by atoms with Gasteiger partial charge >= 0.3 is 0 Å². The smallest absolute Gasteiger partial charge is 0.0510 e. The predicted molar refractivity (Wildman–Crippen MR) is 94.7 cm³/mol. The van der Waals surface area contributed by atoms with Gasteiger partial charge in [-0.25, -0.2) is 0 Å². The first-order valence-electron chi connectivity index (χ1n) is 6.25. The lowest BCUT2D eigenvalue weighted by atomic mass is 10.0. The van der Waals surface area contributed by atoms with Gasteiger partial charge in [-0.3, -0.25) is 0 Å². The molecule has 2 aliphatic heterocycles. The minimum Gasteiger partial charge on any atom is -0.143 e. The van der Waals surface area contributed by atoms with E-state index in [2.05, 4.69) is 61.5 Å². The van der Waals surface area contributed by atoms with Crippen molar-refractivity contribution in [3.05, 3.63) is 49.3 Å². The van der Waals surface area contributed by atoms with Gasteiger partial charge in [0.15, 0.2) is 0 Å². The second-order valence-corrected chi connectivity index (χ2v) is 8.78. The third kappa shape index (κ3) is 2.48. The summed E-state index contributed by atoms with van der Waals surface area (Å²) in [4.78, 5) is 7.47. The van der Waals surface area contributed by atoms with Gasteiger partial charge < -0.3 is 0 Å². The fourth-order valence-electron chi connectivity index (χ4n) is 2.51. The van der Waals surface area contributed by atoms with Crippen molar-refractivity contribution in [1.82, 2.24) is 0 Å². The lowest BCUT2D eigenvalue weighted by Gasteiger charge is -2.17. The number of thioether (sulfide) groups is 3. The first-order valence-corrected chi connectivity index (χ1v) is 10.1. The maximum atomic E-state index is 2.46. The van der Waals surface area contributed by atoms with Crippen molar-refractivity contribution in [2.24, 2.45) is 5.92 Å². The summed E-state index contributed by atoms with van der Waals surface area (Å²) in [7, 11) is 0. The van der Waals surface area contributed by atoms with E-state index >= 15 is 0 Å². The minimum atomic E-state index is 0.581. The Kier molecular flexibility index (Phi) is 4.22. The Balaban J connectivity index is 2.00. The highest BCUT2D eigenvalue weighted by atomic mass is 32.2.